The average Bonchev–Trinajstić information content (AvgIpc) is 3.10. The highest BCUT2D eigenvalue weighted by molar-refractivity contribution is 7.09. The van der Waals surface area contributed by atoms with Crippen LogP contribution in [0.25, 0.3) is 0 Å². The van der Waals surface area contributed by atoms with Gasteiger partial charge in [0, 0.05) is 30.8 Å². The van der Waals surface area contributed by atoms with E-state index in [-0.39, 0.29) is 12.1 Å². The zero-order chi connectivity index (χ0) is 16.5. The third-order valence-electron chi connectivity index (χ3n) is 5.59. The van der Waals surface area contributed by atoms with Crippen molar-refractivity contribution < 1.29 is 9.53 Å². The lowest BCUT2D eigenvalue weighted by molar-refractivity contribution is 0.0370. The Kier molecular flexibility index (Phi) is 4.77. The molecule has 3 fully saturated rings. The van der Waals surface area contributed by atoms with E-state index in [4.69, 9.17) is 4.74 Å². The zero-order valence-corrected chi connectivity index (χ0v) is 15.2. The molecular formula is C18H27N3O2S. The van der Waals surface area contributed by atoms with Crippen LogP contribution in [0.4, 0.5) is 4.79 Å². The Balaban J connectivity index is 1.32. The van der Waals surface area contributed by atoms with E-state index < -0.39 is 0 Å². The molecule has 0 spiro atoms. The number of hydrogen-bond donors (Lipinski definition) is 1. The first kappa shape index (κ1) is 16.3. The monoisotopic (exact) mass is 349 g/mol. The number of likely N-dealkylation sites (tertiary alicyclic amines) is 1. The summed E-state index contributed by atoms with van der Waals surface area (Å²) in [4.78, 5) is 19.3. The van der Waals surface area contributed by atoms with Crippen LogP contribution in [0.1, 0.15) is 55.3 Å². The van der Waals surface area contributed by atoms with E-state index >= 15 is 0 Å². The third-order valence-corrected chi connectivity index (χ3v) is 6.64. The molecule has 132 valence electrons. The number of aryl methyl sites for hydroxylation is 1. The van der Waals surface area contributed by atoms with Crippen molar-refractivity contribution >= 4 is 17.4 Å². The normalized spacial score (nSPS) is 26.5. The Labute approximate surface area is 147 Å². The molecule has 6 heteroatoms. The van der Waals surface area contributed by atoms with E-state index in [2.05, 4.69) is 15.7 Å². The first-order valence-electron chi connectivity index (χ1n) is 9.30. The van der Waals surface area contributed by atoms with Gasteiger partial charge in [-0.3, -0.25) is 0 Å². The molecule has 4 rings (SSSR count). The summed E-state index contributed by atoms with van der Waals surface area (Å²) in [6.07, 6.45) is 7.37. The molecule has 24 heavy (non-hydrogen) atoms. The summed E-state index contributed by atoms with van der Waals surface area (Å²) in [5.41, 5.74) is 1.05. The largest absolute Gasteiger partial charge is 0.378 e. The summed E-state index contributed by atoms with van der Waals surface area (Å²) in [6, 6.07) is 0.192. The summed E-state index contributed by atoms with van der Waals surface area (Å²) < 4.78 is 5.83. The predicted molar refractivity (Wildman–Crippen MR) is 94.1 cm³/mol. The van der Waals surface area contributed by atoms with E-state index in [9.17, 15) is 4.79 Å². The second-order valence-corrected chi connectivity index (χ2v) is 8.36. The van der Waals surface area contributed by atoms with Crippen LogP contribution < -0.4 is 5.32 Å². The maximum atomic E-state index is 12.7. The Bertz CT molecular complexity index is 573. The van der Waals surface area contributed by atoms with Crippen LogP contribution >= 0.6 is 11.3 Å². The van der Waals surface area contributed by atoms with Gasteiger partial charge in [0.2, 0.25) is 0 Å². The van der Waals surface area contributed by atoms with Crippen molar-refractivity contribution in [2.24, 2.45) is 11.8 Å². The SMILES string of the molecule is Cc1csc(C(NC(=O)N2CCC(C3CCCO3)CC2)C2CC2)n1. The van der Waals surface area contributed by atoms with E-state index in [0.717, 1.165) is 43.2 Å². The molecule has 0 bridgehead atoms. The van der Waals surface area contributed by atoms with Gasteiger partial charge in [-0.05, 0) is 57.3 Å². The first-order valence-corrected chi connectivity index (χ1v) is 10.2. The molecule has 2 atom stereocenters. The number of ether oxygens (including phenoxy) is 1. The third kappa shape index (κ3) is 3.59. The van der Waals surface area contributed by atoms with Gasteiger partial charge < -0.3 is 15.0 Å². The van der Waals surface area contributed by atoms with Gasteiger partial charge in [-0.25, -0.2) is 9.78 Å². The van der Waals surface area contributed by atoms with E-state index in [1.54, 1.807) is 11.3 Å². The van der Waals surface area contributed by atoms with E-state index in [1.165, 1.54) is 25.7 Å². The Morgan fingerprint density at radius 2 is 2.12 bits per heavy atom. The minimum atomic E-state index is 0.0885. The number of carbonyl (C=O) groups is 1. The summed E-state index contributed by atoms with van der Waals surface area (Å²) in [5, 5.41) is 6.41. The number of hydrogen-bond acceptors (Lipinski definition) is 4. The van der Waals surface area contributed by atoms with Gasteiger partial charge in [-0.15, -0.1) is 11.3 Å². The highest BCUT2D eigenvalue weighted by Crippen LogP contribution is 2.42. The van der Waals surface area contributed by atoms with Crippen molar-refractivity contribution in [3.8, 4) is 0 Å². The topological polar surface area (TPSA) is 54.5 Å². The van der Waals surface area contributed by atoms with Gasteiger partial charge in [0.15, 0.2) is 0 Å². The molecular weight excluding hydrogens is 322 g/mol. The van der Waals surface area contributed by atoms with Gasteiger partial charge in [0.1, 0.15) is 5.01 Å². The molecule has 2 saturated heterocycles. The molecule has 3 aliphatic rings. The summed E-state index contributed by atoms with van der Waals surface area (Å²) in [7, 11) is 0. The summed E-state index contributed by atoms with van der Waals surface area (Å²) in [6.45, 7) is 4.64. The quantitative estimate of drug-likeness (QED) is 0.905. The number of urea groups is 1. The molecule has 1 aromatic rings. The molecule has 0 aromatic carbocycles. The Hall–Kier alpha value is -1.14. The number of thiazole rings is 1. The summed E-state index contributed by atoms with van der Waals surface area (Å²) in [5.74, 6) is 1.21. The number of nitrogens with zero attached hydrogens (tertiary/aromatic N) is 2. The number of nitrogens with one attached hydrogen (secondary N) is 1. The molecule has 3 heterocycles. The van der Waals surface area contributed by atoms with Gasteiger partial charge >= 0.3 is 6.03 Å². The lowest BCUT2D eigenvalue weighted by Gasteiger charge is -2.35. The van der Waals surface area contributed by atoms with Crippen LogP contribution in [-0.4, -0.2) is 41.7 Å². The molecule has 5 nitrogen and oxygen atoms in total. The fraction of sp³-hybridized carbons (Fsp3) is 0.778. The fourth-order valence-electron chi connectivity index (χ4n) is 4.00. The second-order valence-electron chi connectivity index (χ2n) is 7.47. The first-order chi connectivity index (χ1) is 11.7. The fourth-order valence-corrected chi connectivity index (χ4v) is 4.94. The number of carbonyl (C=O) groups excluding carboxylic acids is 1. The number of rotatable bonds is 4. The molecule has 2 amide bonds. The lowest BCUT2D eigenvalue weighted by atomic mass is 9.90. The minimum Gasteiger partial charge on any atom is -0.378 e. The van der Waals surface area contributed by atoms with Crippen molar-refractivity contribution in [1.29, 1.82) is 0 Å². The van der Waals surface area contributed by atoms with Crippen molar-refractivity contribution in [2.75, 3.05) is 19.7 Å². The molecule has 2 unspecified atom stereocenters. The van der Waals surface area contributed by atoms with Crippen LogP contribution in [0.2, 0.25) is 0 Å². The van der Waals surface area contributed by atoms with Gasteiger partial charge in [0.25, 0.3) is 0 Å². The smallest absolute Gasteiger partial charge is 0.317 e. The maximum Gasteiger partial charge on any atom is 0.317 e. The number of piperidine rings is 1. The predicted octanol–water partition coefficient (Wildman–Crippen LogP) is 3.50. The van der Waals surface area contributed by atoms with Crippen molar-refractivity contribution in [2.45, 2.75) is 57.6 Å². The summed E-state index contributed by atoms with van der Waals surface area (Å²) >= 11 is 1.67. The highest BCUT2D eigenvalue weighted by atomic mass is 32.1. The molecule has 1 N–H and O–H groups in total. The Morgan fingerprint density at radius 3 is 2.71 bits per heavy atom. The molecule has 0 radical (unpaired) electrons. The zero-order valence-electron chi connectivity index (χ0n) is 14.4. The Morgan fingerprint density at radius 1 is 1.33 bits per heavy atom. The number of aromatic nitrogens is 1. The van der Waals surface area contributed by atoms with Gasteiger partial charge in [-0.2, -0.15) is 0 Å². The van der Waals surface area contributed by atoms with Crippen LogP contribution in [0, 0.1) is 18.8 Å². The maximum absolute atomic E-state index is 12.7. The van der Waals surface area contributed by atoms with Crippen LogP contribution in [0.15, 0.2) is 5.38 Å². The molecule has 2 aliphatic heterocycles. The number of amides is 2. The van der Waals surface area contributed by atoms with Gasteiger partial charge in [-0.1, -0.05) is 0 Å². The average molecular weight is 350 g/mol. The van der Waals surface area contributed by atoms with E-state index in [1.807, 2.05) is 11.8 Å². The molecule has 1 aliphatic carbocycles. The minimum absolute atomic E-state index is 0.0885. The van der Waals surface area contributed by atoms with Crippen molar-refractivity contribution in [1.82, 2.24) is 15.2 Å². The standard InChI is InChI=1S/C18H27N3O2S/c1-12-11-24-17(19-12)16(14-4-5-14)20-18(22)21-8-6-13(7-9-21)15-3-2-10-23-15/h11,13-16H,2-10H2,1H3,(H,20,22). The van der Waals surface area contributed by atoms with E-state index in [0.29, 0.717) is 17.9 Å². The molecule has 1 saturated carbocycles. The van der Waals surface area contributed by atoms with Crippen LogP contribution in [-0.2, 0) is 4.74 Å². The van der Waals surface area contributed by atoms with Crippen LogP contribution in [0.3, 0.4) is 0 Å². The molecule has 1 aromatic heterocycles. The lowest BCUT2D eigenvalue weighted by Crippen LogP contribution is -2.47. The van der Waals surface area contributed by atoms with Crippen LogP contribution in [0.5, 0.6) is 0 Å². The highest BCUT2D eigenvalue weighted by Gasteiger charge is 2.37. The van der Waals surface area contributed by atoms with Gasteiger partial charge in [0.05, 0.1) is 12.1 Å². The van der Waals surface area contributed by atoms with Crippen molar-refractivity contribution in [3.63, 3.8) is 0 Å². The second kappa shape index (κ2) is 7.00. The van der Waals surface area contributed by atoms with Crippen molar-refractivity contribution in [3.05, 3.63) is 16.1 Å².